The van der Waals surface area contributed by atoms with Crippen molar-refractivity contribution < 1.29 is 4.42 Å². The number of fused-ring (bicyclic) bond motifs is 13. The second-order valence-electron chi connectivity index (χ2n) is 13.5. The summed E-state index contributed by atoms with van der Waals surface area (Å²) in [5.41, 5.74) is 13.0. The highest BCUT2D eigenvalue weighted by molar-refractivity contribution is 7.19. The molecule has 0 bridgehead atoms. The molecule has 272 valence electrons. The monoisotopic (exact) mass is 743 g/mol. The Balaban J connectivity index is 0.000000994. The number of nitrogens with two attached hydrogens (primary N) is 1. The molecule has 0 fully saturated rings. The molecule has 0 radical (unpaired) electrons. The molecule has 0 aliphatic carbocycles. The molecule has 0 aliphatic rings. The molecule has 3 aromatic heterocycles. The van der Waals surface area contributed by atoms with Crippen molar-refractivity contribution in [1.82, 2.24) is 4.57 Å². The number of hydrogen-bond donors (Lipinski definition) is 1. The molecule has 3 heterocycles. The van der Waals surface area contributed by atoms with Gasteiger partial charge in [-0.1, -0.05) is 166 Å². The van der Waals surface area contributed by atoms with Gasteiger partial charge in [-0.2, -0.15) is 0 Å². The van der Waals surface area contributed by atoms with Gasteiger partial charge in [-0.3, -0.25) is 4.99 Å². The van der Waals surface area contributed by atoms with Crippen LogP contribution in [0.3, 0.4) is 0 Å². The Morgan fingerprint density at radius 3 is 1.88 bits per heavy atom. The highest BCUT2D eigenvalue weighted by Crippen LogP contribution is 2.52. The van der Waals surface area contributed by atoms with Gasteiger partial charge in [0.2, 0.25) is 0 Å². The summed E-state index contributed by atoms with van der Waals surface area (Å²) >= 11 is 1.80. The number of rotatable bonds is 5. The van der Waals surface area contributed by atoms with Crippen LogP contribution in [0.4, 0.5) is 5.69 Å². The van der Waals surface area contributed by atoms with Gasteiger partial charge in [0.25, 0.3) is 0 Å². The Bertz CT molecular complexity index is 3210. The van der Waals surface area contributed by atoms with Gasteiger partial charge in [0.05, 0.1) is 27.6 Å². The van der Waals surface area contributed by atoms with E-state index in [0.29, 0.717) is 0 Å². The minimum absolute atomic E-state index is 0.244. The number of aliphatic imine (C=N–C) groups is 1. The van der Waals surface area contributed by atoms with Crippen molar-refractivity contribution in [1.29, 1.82) is 0 Å². The van der Waals surface area contributed by atoms with E-state index in [1.165, 1.54) is 66.3 Å². The number of aromatic nitrogens is 1. The Morgan fingerprint density at radius 1 is 0.554 bits per heavy atom. The van der Waals surface area contributed by atoms with Crippen LogP contribution in [-0.2, 0) is 0 Å². The van der Waals surface area contributed by atoms with Gasteiger partial charge in [0.15, 0.2) is 5.58 Å². The molecule has 1 unspecified atom stereocenters. The molecular weight excluding hydrogens is 703 g/mol. The second kappa shape index (κ2) is 14.6. The Morgan fingerprint density at radius 2 is 1.14 bits per heavy atom. The van der Waals surface area contributed by atoms with Crippen LogP contribution in [0.1, 0.15) is 30.3 Å². The number of furan rings is 1. The zero-order chi connectivity index (χ0) is 38.3. The van der Waals surface area contributed by atoms with Crippen LogP contribution in [0.2, 0.25) is 0 Å². The molecular formula is C51H41N3OS. The SMILES string of the molecule is C=Nc1c(C(c2ccc(-c3ccccc3)cc2)n2c3c4ccccc4ccc3c3c4ccccc4c4c5ccccc5oc4c32)sc2ccccc12.CC.CN. The molecule has 0 saturated heterocycles. The summed E-state index contributed by atoms with van der Waals surface area (Å²) in [6.07, 6.45) is 0. The number of para-hydroxylation sites is 1. The van der Waals surface area contributed by atoms with Gasteiger partial charge in [-0.15, -0.1) is 11.3 Å². The van der Waals surface area contributed by atoms with E-state index in [-0.39, 0.29) is 6.04 Å². The minimum Gasteiger partial charge on any atom is -0.454 e. The van der Waals surface area contributed by atoms with Gasteiger partial charge >= 0.3 is 0 Å². The van der Waals surface area contributed by atoms with Crippen LogP contribution in [0.15, 0.2) is 173 Å². The van der Waals surface area contributed by atoms with Crippen molar-refractivity contribution in [3.63, 3.8) is 0 Å². The van der Waals surface area contributed by atoms with Crippen LogP contribution in [0.25, 0.3) is 86.5 Å². The molecule has 4 nitrogen and oxygen atoms in total. The van der Waals surface area contributed by atoms with E-state index in [2.05, 4.69) is 181 Å². The molecule has 5 heteroatoms. The van der Waals surface area contributed by atoms with Crippen molar-refractivity contribution in [2.24, 2.45) is 10.7 Å². The van der Waals surface area contributed by atoms with Crippen LogP contribution in [-0.4, -0.2) is 18.3 Å². The molecule has 56 heavy (non-hydrogen) atoms. The van der Waals surface area contributed by atoms with Crippen molar-refractivity contribution in [2.75, 3.05) is 7.05 Å². The van der Waals surface area contributed by atoms with Crippen molar-refractivity contribution in [3.05, 3.63) is 174 Å². The van der Waals surface area contributed by atoms with E-state index in [1.54, 1.807) is 11.3 Å². The van der Waals surface area contributed by atoms with Crippen molar-refractivity contribution >= 4 is 99.1 Å². The predicted molar refractivity (Wildman–Crippen MR) is 243 cm³/mol. The zero-order valence-electron chi connectivity index (χ0n) is 31.7. The van der Waals surface area contributed by atoms with Gasteiger partial charge in [0, 0.05) is 37.0 Å². The molecule has 11 aromatic rings. The number of benzene rings is 8. The number of hydrogen-bond acceptors (Lipinski definition) is 4. The summed E-state index contributed by atoms with van der Waals surface area (Å²) in [5.74, 6) is 0. The average molecular weight is 744 g/mol. The summed E-state index contributed by atoms with van der Waals surface area (Å²) in [7, 11) is 1.50. The largest absolute Gasteiger partial charge is 0.454 e. The maximum Gasteiger partial charge on any atom is 0.160 e. The van der Waals surface area contributed by atoms with Gasteiger partial charge in [0.1, 0.15) is 5.58 Å². The van der Waals surface area contributed by atoms with Gasteiger partial charge in [-0.25, -0.2) is 0 Å². The highest BCUT2D eigenvalue weighted by Gasteiger charge is 2.31. The lowest BCUT2D eigenvalue weighted by Crippen LogP contribution is -2.11. The summed E-state index contributed by atoms with van der Waals surface area (Å²) in [4.78, 5) is 5.92. The fraction of sp³-hybridized carbons (Fsp3) is 0.0784. The quantitative estimate of drug-likeness (QED) is 0.178. The lowest BCUT2D eigenvalue weighted by molar-refractivity contribution is 0.665. The smallest absolute Gasteiger partial charge is 0.160 e. The van der Waals surface area contributed by atoms with Crippen molar-refractivity contribution in [3.8, 4) is 11.1 Å². The van der Waals surface area contributed by atoms with Crippen LogP contribution in [0, 0.1) is 0 Å². The molecule has 0 amide bonds. The van der Waals surface area contributed by atoms with Crippen LogP contribution >= 0.6 is 11.3 Å². The fourth-order valence-corrected chi connectivity index (χ4v) is 9.82. The maximum absolute atomic E-state index is 7.02. The summed E-state index contributed by atoms with van der Waals surface area (Å²) in [6, 6.07) is 58.6. The topological polar surface area (TPSA) is 56.5 Å². The van der Waals surface area contributed by atoms with Crippen LogP contribution in [0.5, 0.6) is 0 Å². The van der Waals surface area contributed by atoms with E-state index in [1.807, 2.05) is 13.8 Å². The maximum atomic E-state index is 7.02. The molecule has 0 saturated carbocycles. The number of thiophene rings is 1. The normalized spacial score (nSPS) is 11.9. The molecule has 11 rings (SSSR count). The minimum atomic E-state index is -0.244. The highest BCUT2D eigenvalue weighted by atomic mass is 32.1. The molecule has 0 aliphatic heterocycles. The lowest BCUT2D eigenvalue weighted by atomic mass is 9.97. The fourth-order valence-electron chi connectivity index (χ4n) is 8.53. The summed E-state index contributed by atoms with van der Waals surface area (Å²) in [5, 5.41) is 10.6. The first-order valence-corrected chi connectivity index (χ1v) is 20.0. The molecule has 2 N–H and O–H groups in total. The third-order valence-electron chi connectivity index (χ3n) is 10.8. The van der Waals surface area contributed by atoms with E-state index < -0.39 is 0 Å². The van der Waals surface area contributed by atoms with E-state index in [0.717, 1.165) is 43.4 Å². The first-order valence-electron chi connectivity index (χ1n) is 19.2. The summed E-state index contributed by atoms with van der Waals surface area (Å²) in [6.45, 7) is 8.15. The third-order valence-corrected chi connectivity index (χ3v) is 12.0. The standard InChI is InChI=1S/C48H30N2OS.C2H6.CH5N/c1-49-43-37-20-10-12-22-40(37)52-48(43)44(32-25-23-30(24-26-32)29-13-3-2-4-14-29)50-45-33-16-6-5-15-31(33)27-28-38(45)41-34-17-7-8-18-35(34)42-36-19-9-11-21-39(36)51-47(42)46(41)50;2*1-2/h2-28,44H,1H2;1-2H3;2H2,1H3. The second-order valence-corrected chi connectivity index (χ2v) is 14.6. The molecule has 8 aromatic carbocycles. The third kappa shape index (κ3) is 5.35. The van der Waals surface area contributed by atoms with E-state index >= 15 is 0 Å². The Kier molecular flexibility index (Phi) is 9.18. The Labute approximate surface area is 329 Å². The Hall–Kier alpha value is -6.53. The van der Waals surface area contributed by atoms with E-state index in [9.17, 15) is 0 Å². The van der Waals surface area contributed by atoms with E-state index in [4.69, 9.17) is 9.41 Å². The van der Waals surface area contributed by atoms with Gasteiger partial charge in [-0.05, 0) is 58.7 Å². The first kappa shape index (κ1) is 35.2. The first-order chi connectivity index (χ1) is 27.8. The molecule has 0 spiro atoms. The van der Waals surface area contributed by atoms with Crippen molar-refractivity contribution in [2.45, 2.75) is 19.9 Å². The number of nitrogens with zero attached hydrogens (tertiary/aromatic N) is 2. The van der Waals surface area contributed by atoms with Gasteiger partial charge < -0.3 is 14.7 Å². The molecule has 1 atom stereocenters. The lowest BCUT2D eigenvalue weighted by Gasteiger charge is -2.23. The summed E-state index contributed by atoms with van der Waals surface area (Å²) < 4.78 is 10.8. The predicted octanol–water partition coefficient (Wildman–Crippen LogP) is 14.5. The zero-order valence-corrected chi connectivity index (χ0v) is 32.5. The average Bonchev–Trinajstić information content (AvgIpc) is 3.96. The van der Waals surface area contributed by atoms with Crippen LogP contribution < -0.4 is 5.73 Å².